The van der Waals surface area contributed by atoms with Gasteiger partial charge in [-0.25, -0.2) is 0 Å². The largest absolute Gasteiger partial charge is 0.444 e. The van der Waals surface area contributed by atoms with Crippen LogP contribution in [0.3, 0.4) is 0 Å². The van der Waals surface area contributed by atoms with E-state index < -0.39 is 0 Å². The fourth-order valence-corrected chi connectivity index (χ4v) is 2.29. The molecular weight excluding hydrogens is 336 g/mol. The van der Waals surface area contributed by atoms with Crippen molar-refractivity contribution < 1.29 is 8.83 Å². The average Bonchev–Trinajstić information content (AvgIpc) is 3.06. The highest BCUT2D eigenvalue weighted by atomic mass is 79.9. The molecule has 0 amide bonds. The summed E-state index contributed by atoms with van der Waals surface area (Å²) in [5.74, 6) is 1.53. The zero-order valence-corrected chi connectivity index (χ0v) is 14.2. The first-order chi connectivity index (χ1) is 9.93. The standard InChI is InChI=1S/C14H21BrN4O2/c1-4-19(9-14(2,3)8-16)7-12-17-18-13(21-12)10-5-6-11(15)20-10/h5-6H,4,7-9,16H2,1-3H3. The molecule has 0 fully saturated rings. The summed E-state index contributed by atoms with van der Waals surface area (Å²) in [5.41, 5.74) is 5.85. The molecule has 0 aromatic carbocycles. The van der Waals surface area contributed by atoms with Gasteiger partial charge in [0.25, 0.3) is 5.89 Å². The molecule has 0 saturated carbocycles. The summed E-state index contributed by atoms with van der Waals surface area (Å²) in [4.78, 5) is 2.24. The lowest BCUT2D eigenvalue weighted by Gasteiger charge is -2.29. The molecule has 2 heterocycles. The second-order valence-corrected chi connectivity index (χ2v) is 6.56. The van der Waals surface area contributed by atoms with Crippen molar-refractivity contribution in [2.45, 2.75) is 27.3 Å². The number of rotatable bonds is 7. The minimum Gasteiger partial charge on any atom is -0.444 e. The second-order valence-electron chi connectivity index (χ2n) is 5.78. The SMILES string of the molecule is CCN(Cc1nnc(-c2ccc(Br)o2)o1)CC(C)(C)CN. The average molecular weight is 357 g/mol. The maximum absolute atomic E-state index is 5.79. The molecule has 2 aromatic heterocycles. The van der Waals surface area contributed by atoms with Crippen LogP contribution in [0.1, 0.15) is 26.7 Å². The highest BCUT2D eigenvalue weighted by Gasteiger charge is 2.21. The zero-order chi connectivity index (χ0) is 15.5. The third-order valence-corrected chi connectivity index (χ3v) is 3.69. The van der Waals surface area contributed by atoms with Crippen LogP contribution in [0.4, 0.5) is 0 Å². The molecule has 0 aliphatic heterocycles. The fraction of sp³-hybridized carbons (Fsp3) is 0.571. The molecule has 2 aromatic rings. The predicted octanol–water partition coefficient (Wildman–Crippen LogP) is 2.90. The molecule has 0 aliphatic carbocycles. The van der Waals surface area contributed by atoms with Crippen molar-refractivity contribution >= 4 is 15.9 Å². The van der Waals surface area contributed by atoms with Crippen molar-refractivity contribution in [3.63, 3.8) is 0 Å². The number of nitrogens with two attached hydrogens (primary N) is 1. The Morgan fingerprint density at radius 1 is 1.29 bits per heavy atom. The van der Waals surface area contributed by atoms with Crippen molar-refractivity contribution in [3.8, 4) is 11.7 Å². The van der Waals surface area contributed by atoms with Gasteiger partial charge in [-0.05, 0) is 46.6 Å². The highest BCUT2D eigenvalue weighted by molar-refractivity contribution is 9.10. The normalized spacial score (nSPS) is 12.3. The van der Waals surface area contributed by atoms with E-state index in [0.717, 1.165) is 13.1 Å². The predicted molar refractivity (Wildman–Crippen MR) is 83.5 cm³/mol. The molecule has 2 rings (SSSR count). The van der Waals surface area contributed by atoms with Crippen LogP contribution < -0.4 is 5.73 Å². The van der Waals surface area contributed by atoms with Gasteiger partial charge >= 0.3 is 0 Å². The lowest BCUT2D eigenvalue weighted by Crippen LogP contribution is -2.38. The number of furan rings is 1. The Bertz CT molecular complexity index is 579. The third kappa shape index (κ3) is 4.39. The summed E-state index contributed by atoms with van der Waals surface area (Å²) < 4.78 is 11.7. The Balaban J connectivity index is 2.04. The van der Waals surface area contributed by atoms with Gasteiger partial charge in [0, 0.05) is 6.54 Å². The van der Waals surface area contributed by atoms with Gasteiger partial charge < -0.3 is 14.6 Å². The van der Waals surface area contributed by atoms with Crippen LogP contribution >= 0.6 is 15.9 Å². The van der Waals surface area contributed by atoms with E-state index in [0.29, 0.717) is 35.3 Å². The molecule has 0 radical (unpaired) electrons. The number of hydrogen-bond acceptors (Lipinski definition) is 6. The van der Waals surface area contributed by atoms with Crippen molar-refractivity contribution in [1.82, 2.24) is 15.1 Å². The Morgan fingerprint density at radius 3 is 2.62 bits per heavy atom. The fourth-order valence-electron chi connectivity index (χ4n) is 1.99. The van der Waals surface area contributed by atoms with Crippen LogP contribution in [0.15, 0.2) is 25.6 Å². The molecule has 0 unspecified atom stereocenters. The van der Waals surface area contributed by atoms with Crippen molar-refractivity contribution in [3.05, 3.63) is 22.7 Å². The summed E-state index contributed by atoms with van der Waals surface area (Å²) in [6.07, 6.45) is 0. The lowest BCUT2D eigenvalue weighted by atomic mass is 9.93. The minimum atomic E-state index is 0.0603. The van der Waals surface area contributed by atoms with Crippen LogP contribution in [0.25, 0.3) is 11.7 Å². The first-order valence-corrected chi connectivity index (χ1v) is 7.73. The third-order valence-electron chi connectivity index (χ3n) is 3.26. The molecule has 0 bridgehead atoms. The molecule has 7 heteroatoms. The van der Waals surface area contributed by atoms with Crippen molar-refractivity contribution in [2.75, 3.05) is 19.6 Å². The van der Waals surface area contributed by atoms with Gasteiger partial charge in [-0.3, -0.25) is 4.90 Å². The molecule has 21 heavy (non-hydrogen) atoms. The smallest absolute Gasteiger partial charge is 0.283 e. The maximum Gasteiger partial charge on any atom is 0.283 e. The summed E-state index contributed by atoms with van der Waals surface area (Å²) in [6, 6.07) is 3.58. The van der Waals surface area contributed by atoms with Gasteiger partial charge in [0.15, 0.2) is 10.4 Å². The van der Waals surface area contributed by atoms with Gasteiger partial charge in [-0.2, -0.15) is 0 Å². The van der Waals surface area contributed by atoms with E-state index in [-0.39, 0.29) is 5.41 Å². The van der Waals surface area contributed by atoms with E-state index in [9.17, 15) is 0 Å². The quantitative estimate of drug-likeness (QED) is 0.821. The van der Waals surface area contributed by atoms with E-state index in [1.54, 1.807) is 12.1 Å². The summed E-state index contributed by atoms with van der Waals surface area (Å²) in [7, 11) is 0. The van der Waals surface area contributed by atoms with Crippen molar-refractivity contribution in [1.29, 1.82) is 0 Å². The lowest BCUT2D eigenvalue weighted by molar-refractivity contribution is 0.170. The number of nitrogens with zero attached hydrogens (tertiary/aromatic N) is 3. The Hall–Kier alpha value is -1.18. The van der Waals surface area contributed by atoms with E-state index in [1.165, 1.54) is 0 Å². The van der Waals surface area contributed by atoms with Gasteiger partial charge in [0.1, 0.15) is 0 Å². The van der Waals surface area contributed by atoms with Gasteiger partial charge in [0.05, 0.1) is 6.54 Å². The molecule has 2 N–H and O–H groups in total. The molecule has 0 atom stereocenters. The topological polar surface area (TPSA) is 81.3 Å². The van der Waals surface area contributed by atoms with Crippen LogP contribution in [-0.2, 0) is 6.54 Å². The molecular formula is C14H21BrN4O2. The summed E-state index contributed by atoms with van der Waals surface area (Å²) in [5, 5.41) is 8.10. The molecule has 116 valence electrons. The van der Waals surface area contributed by atoms with Gasteiger partial charge in [-0.1, -0.05) is 20.8 Å². The van der Waals surface area contributed by atoms with Gasteiger partial charge in [0.2, 0.25) is 5.89 Å². The van der Waals surface area contributed by atoms with Crippen molar-refractivity contribution in [2.24, 2.45) is 11.1 Å². The first-order valence-electron chi connectivity index (χ1n) is 6.94. The second kappa shape index (κ2) is 6.72. The van der Waals surface area contributed by atoms with Crippen LogP contribution in [0, 0.1) is 5.41 Å². The molecule has 6 nitrogen and oxygen atoms in total. The van der Waals surface area contributed by atoms with Gasteiger partial charge in [-0.15, -0.1) is 10.2 Å². The number of halogens is 1. The van der Waals surface area contributed by atoms with E-state index in [4.69, 9.17) is 14.6 Å². The Morgan fingerprint density at radius 2 is 2.05 bits per heavy atom. The monoisotopic (exact) mass is 356 g/mol. The summed E-state index contributed by atoms with van der Waals surface area (Å²) in [6.45, 7) is 9.42. The zero-order valence-electron chi connectivity index (χ0n) is 12.6. The first kappa shape index (κ1) is 16.2. The highest BCUT2D eigenvalue weighted by Crippen LogP contribution is 2.24. The summed E-state index contributed by atoms with van der Waals surface area (Å²) >= 11 is 3.25. The number of aromatic nitrogens is 2. The maximum atomic E-state index is 5.79. The Kier molecular flexibility index (Phi) is 5.18. The molecule has 0 spiro atoms. The van der Waals surface area contributed by atoms with Crippen LogP contribution in [-0.4, -0.2) is 34.7 Å². The molecule has 0 aliphatic rings. The Labute approximate surface area is 132 Å². The van der Waals surface area contributed by atoms with Crippen LogP contribution in [0.5, 0.6) is 0 Å². The van der Waals surface area contributed by atoms with E-state index in [2.05, 4.69) is 51.8 Å². The number of hydrogen-bond donors (Lipinski definition) is 1. The van der Waals surface area contributed by atoms with Crippen LogP contribution in [0.2, 0.25) is 0 Å². The minimum absolute atomic E-state index is 0.0603. The van der Waals surface area contributed by atoms with E-state index in [1.807, 2.05) is 0 Å². The van der Waals surface area contributed by atoms with E-state index >= 15 is 0 Å². The molecule has 0 saturated heterocycles.